The van der Waals surface area contributed by atoms with Crippen LogP contribution in [0, 0.1) is 0 Å². The summed E-state index contributed by atoms with van der Waals surface area (Å²) < 4.78 is 18.9. The molecule has 0 bridgehead atoms. The summed E-state index contributed by atoms with van der Waals surface area (Å²) >= 11 is 6.06. The number of rotatable bonds is 7. The highest BCUT2D eigenvalue weighted by Gasteiger charge is 2.20. The van der Waals surface area contributed by atoms with Crippen molar-refractivity contribution in [3.63, 3.8) is 0 Å². The highest BCUT2D eigenvalue weighted by molar-refractivity contribution is 6.31. The first-order valence-corrected chi connectivity index (χ1v) is 10.1. The molecular weight excluding hydrogens is 393 g/mol. The standard InChI is InChI=1S/C22H23ClFN3O2/c23-15-2-7-21-19(12-15)20(22(28)26-21)13-25-17-3-5-18(6-4-17)29-11-1-9-27-10-8-16(24)14-27/h2-7,12-13,16,26,28H,1,8-11,14H2. The molecule has 152 valence electrons. The Morgan fingerprint density at radius 3 is 2.86 bits per heavy atom. The van der Waals surface area contributed by atoms with Crippen LogP contribution in [0.15, 0.2) is 47.5 Å². The normalized spacial score (nSPS) is 17.5. The molecule has 0 spiro atoms. The van der Waals surface area contributed by atoms with Crippen LogP contribution < -0.4 is 4.74 Å². The highest BCUT2D eigenvalue weighted by atomic mass is 35.5. The number of benzene rings is 2. The van der Waals surface area contributed by atoms with E-state index in [9.17, 15) is 9.50 Å². The van der Waals surface area contributed by atoms with Gasteiger partial charge in [0.05, 0.1) is 17.9 Å². The zero-order valence-corrected chi connectivity index (χ0v) is 16.7. The van der Waals surface area contributed by atoms with Crippen LogP contribution in [0.2, 0.25) is 5.02 Å². The Bertz CT molecular complexity index is 1000. The van der Waals surface area contributed by atoms with Gasteiger partial charge in [0.1, 0.15) is 11.9 Å². The minimum Gasteiger partial charge on any atom is -0.494 e. The SMILES string of the molecule is Oc1[nH]c2ccc(Cl)cc2c1C=Nc1ccc(OCCCN2CCC(F)C2)cc1. The van der Waals surface area contributed by atoms with Crippen LogP contribution in [0.25, 0.3) is 10.9 Å². The number of halogens is 2. The predicted octanol–water partition coefficient (Wildman–Crippen LogP) is 5.09. The minimum absolute atomic E-state index is 0.0584. The van der Waals surface area contributed by atoms with Crippen LogP contribution in [-0.2, 0) is 0 Å². The number of fused-ring (bicyclic) bond motifs is 1. The molecule has 1 saturated heterocycles. The molecule has 0 aliphatic carbocycles. The quantitative estimate of drug-likeness (QED) is 0.417. The van der Waals surface area contributed by atoms with E-state index in [0.717, 1.165) is 41.9 Å². The van der Waals surface area contributed by atoms with Gasteiger partial charge in [0.15, 0.2) is 5.88 Å². The summed E-state index contributed by atoms with van der Waals surface area (Å²) in [5.74, 6) is 0.832. The van der Waals surface area contributed by atoms with Crippen LogP contribution in [0.4, 0.5) is 10.1 Å². The molecule has 2 heterocycles. The molecule has 0 saturated carbocycles. The number of nitrogens with one attached hydrogen (secondary N) is 1. The van der Waals surface area contributed by atoms with Gasteiger partial charge in [0.2, 0.25) is 0 Å². The lowest BCUT2D eigenvalue weighted by Crippen LogP contribution is -2.23. The molecule has 1 fully saturated rings. The summed E-state index contributed by atoms with van der Waals surface area (Å²) in [6.07, 6.45) is 2.46. The number of alkyl halides is 1. The summed E-state index contributed by atoms with van der Waals surface area (Å²) in [5, 5.41) is 11.5. The monoisotopic (exact) mass is 415 g/mol. The Labute approximate surface area is 173 Å². The van der Waals surface area contributed by atoms with E-state index in [2.05, 4.69) is 14.9 Å². The van der Waals surface area contributed by atoms with Crippen molar-refractivity contribution < 1.29 is 14.2 Å². The molecule has 0 amide bonds. The van der Waals surface area contributed by atoms with Gasteiger partial charge in [-0.05, 0) is 55.3 Å². The van der Waals surface area contributed by atoms with Crippen LogP contribution in [0.5, 0.6) is 11.6 Å². The van der Waals surface area contributed by atoms with E-state index in [-0.39, 0.29) is 5.88 Å². The number of aromatic nitrogens is 1. The number of aromatic hydroxyl groups is 1. The fourth-order valence-electron chi connectivity index (χ4n) is 3.54. The highest BCUT2D eigenvalue weighted by Crippen LogP contribution is 2.29. The lowest BCUT2D eigenvalue weighted by Gasteiger charge is -2.14. The fraction of sp³-hybridized carbons (Fsp3) is 0.318. The number of ether oxygens (including phenoxy) is 1. The van der Waals surface area contributed by atoms with Crippen molar-refractivity contribution in [1.29, 1.82) is 0 Å². The molecular formula is C22H23ClFN3O2. The molecule has 2 aromatic carbocycles. The molecule has 29 heavy (non-hydrogen) atoms. The van der Waals surface area contributed by atoms with Crippen molar-refractivity contribution in [2.24, 2.45) is 4.99 Å². The first kappa shape index (κ1) is 19.7. The molecule has 1 aliphatic rings. The Hall–Kier alpha value is -2.57. The third-order valence-corrected chi connectivity index (χ3v) is 5.30. The lowest BCUT2D eigenvalue weighted by atomic mass is 10.2. The second-order valence-corrected chi connectivity index (χ2v) is 7.65. The van der Waals surface area contributed by atoms with Gasteiger partial charge in [0, 0.05) is 41.8 Å². The summed E-state index contributed by atoms with van der Waals surface area (Å²) in [6, 6.07) is 12.8. The topological polar surface area (TPSA) is 60.9 Å². The Morgan fingerprint density at radius 1 is 1.28 bits per heavy atom. The average molecular weight is 416 g/mol. The molecule has 1 unspecified atom stereocenters. The number of hydrogen-bond donors (Lipinski definition) is 2. The van der Waals surface area contributed by atoms with Gasteiger partial charge in [0.25, 0.3) is 0 Å². The maximum atomic E-state index is 13.1. The van der Waals surface area contributed by atoms with Crippen molar-refractivity contribution in [3.05, 3.63) is 53.1 Å². The van der Waals surface area contributed by atoms with Gasteiger partial charge in [-0.25, -0.2) is 4.39 Å². The summed E-state index contributed by atoms with van der Waals surface area (Å²) in [4.78, 5) is 9.49. The maximum absolute atomic E-state index is 13.1. The number of aromatic amines is 1. The number of hydrogen-bond acceptors (Lipinski definition) is 4. The van der Waals surface area contributed by atoms with Crippen molar-refractivity contribution in [2.75, 3.05) is 26.2 Å². The van der Waals surface area contributed by atoms with Crippen molar-refractivity contribution in [3.8, 4) is 11.6 Å². The van der Waals surface area contributed by atoms with E-state index in [1.165, 1.54) is 0 Å². The summed E-state index contributed by atoms with van der Waals surface area (Å²) in [7, 11) is 0. The third kappa shape index (κ3) is 4.89. The van der Waals surface area contributed by atoms with Crippen LogP contribution in [-0.4, -0.2) is 53.6 Å². The lowest BCUT2D eigenvalue weighted by molar-refractivity contribution is 0.248. The van der Waals surface area contributed by atoms with Crippen LogP contribution >= 0.6 is 11.6 Å². The van der Waals surface area contributed by atoms with Crippen molar-refractivity contribution in [2.45, 2.75) is 19.0 Å². The number of likely N-dealkylation sites (tertiary alicyclic amines) is 1. The van der Waals surface area contributed by atoms with Crippen molar-refractivity contribution >= 4 is 34.4 Å². The van der Waals surface area contributed by atoms with E-state index < -0.39 is 6.17 Å². The molecule has 0 radical (unpaired) electrons. The number of nitrogens with zero attached hydrogens (tertiary/aromatic N) is 2. The summed E-state index contributed by atoms with van der Waals surface area (Å²) in [6.45, 7) is 2.85. The third-order valence-electron chi connectivity index (χ3n) is 5.06. The summed E-state index contributed by atoms with van der Waals surface area (Å²) in [5.41, 5.74) is 2.15. The Kier molecular flexibility index (Phi) is 6.02. The van der Waals surface area contributed by atoms with E-state index in [1.807, 2.05) is 30.3 Å². The maximum Gasteiger partial charge on any atom is 0.198 e. The zero-order chi connectivity index (χ0) is 20.2. The zero-order valence-electron chi connectivity index (χ0n) is 15.9. The number of aliphatic imine (C=N–C) groups is 1. The molecule has 4 rings (SSSR count). The molecule has 3 aromatic rings. The van der Waals surface area contributed by atoms with Gasteiger partial charge in [-0.3, -0.25) is 4.99 Å². The van der Waals surface area contributed by atoms with E-state index in [4.69, 9.17) is 16.3 Å². The molecule has 2 N–H and O–H groups in total. The number of H-pyrrole nitrogens is 1. The van der Waals surface area contributed by atoms with Gasteiger partial charge in [-0.15, -0.1) is 0 Å². The predicted molar refractivity (Wildman–Crippen MR) is 115 cm³/mol. The molecule has 7 heteroatoms. The minimum atomic E-state index is -0.674. The smallest absolute Gasteiger partial charge is 0.198 e. The Balaban J connectivity index is 1.32. The van der Waals surface area contributed by atoms with E-state index >= 15 is 0 Å². The first-order chi connectivity index (χ1) is 14.1. The van der Waals surface area contributed by atoms with Crippen molar-refractivity contribution in [1.82, 2.24) is 9.88 Å². The van der Waals surface area contributed by atoms with Crippen LogP contribution in [0.3, 0.4) is 0 Å². The molecule has 1 atom stereocenters. The molecule has 5 nitrogen and oxygen atoms in total. The molecule has 1 aromatic heterocycles. The largest absolute Gasteiger partial charge is 0.494 e. The van der Waals surface area contributed by atoms with E-state index in [0.29, 0.717) is 30.2 Å². The van der Waals surface area contributed by atoms with Crippen LogP contribution in [0.1, 0.15) is 18.4 Å². The Morgan fingerprint density at radius 2 is 2.10 bits per heavy atom. The van der Waals surface area contributed by atoms with Gasteiger partial charge >= 0.3 is 0 Å². The molecule has 1 aliphatic heterocycles. The second kappa shape index (κ2) is 8.84. The van der Waals surface area contributed by atoms with E-state index in [1.54, 1.807) is 18.3 Å². The van der Waals surface area contributed by atoms with Gasteiger partial charge in [-0.1, -0.05) is 11.6 Å². The van der Waals surface area contributed by atoms with Gasteiger partial charge in [-0.2, -0.15) is 0 Å². The first-order valence-electron chi connectivity index (χ1n) is 9.72. The second-order valence-electron chi connectivity index (χ2n) is 7.22. The fourth-order valence-corrected chi connectivity index (χ4v) is 3.71. The van der Waals surface area contributed by atoms with Gasteiger partial charge < -0.3 is 19.7 Å². The average Bonchev–Trinajstić information content (AvgIpc) is 3.26.